The predicted octanol–water partition coefficient (Wildman–Crippen LogP) is 6.58. The van der Waals surface area contributed by atoms with E-state index < -0.39 is 51.1 Å². The van der Waals surface area contributed by atoms with Gasteiger partial charge in [-0.05, 0) is 72.7 Å². The van der Waals surface area contributed by atoms with E-state index in [4.69, 9.17) is 23.2 Å². The van der Waals surface area contributed by atoms with Gasteiger partial charge >= 0.3 is 0 Å². The molecule has 8 rings (SSSR count). The number of halogens is 3. The van der Waals surface area contributed by atoms with Gasteiger partial charge in [0.1, 0.15) is 11.6 Å². The van der Waals surface area contributed by atoms with Gasteiger partial charge in [-0.3, -0.25) is 24.1 Å². The summed E-state index contributed by atoms with van der Waals surface area (Å²) in [5.74, 6) is -5.94. The Hall–Kier alpha value is -3.75. The standard InChI is InChI=1S/C36H31Cl2FN2O5/c37-35-18-26-24(15-16-25-28(26)32(44)40(31(25)43)21-7-2-1-3-8-21)30(29-23-9-5-4-6-19(23)10-17-27(29)42)36(35,38)34(46)41(33(35)45)22-13-11-20(39)12-14-22/h4-6,9-15,17,21,25-26,28,30,42H,1-3,7-8,16,18H2. The fourth-order valence-electron chi connectivity index (χ4n) is 9.03. The van der Waals surface area contributed by atoms with Crippen LogP contribution in [0.2, 0.25) is 0 Å². The first kappa shape index (κ1) is 29.6. The van der Waals surface area contributed by atoms with Gasteiger partial charge in [-0.25, -0.2) is 9.29 Å². The lowest BCUT2D eigenvalue weighted by Gasteiger charge is -2.51. The van der Waals surface area contributed by atoms with Crippen molar-refractivity contribution in [3.63, 3.8) is 0 Å². The minimum absolute atomic E-state index is 0.108. The maximum atomic E-state index is 14.6. The molecule has 2 heterocycles. The second-order valence-corrected chi connectivity index (χ2v) is 14.6. The van der Waals surface area contributed by atoms with Gasteiger partial charge in [0.2, 0.25) is 11.8 Å². The van der Waals surface area contributed by atoms with Crippen LogP contribution in [0.25, 0.3) is 10.8 Å². The molecule has 0 spiro atoms. The molecule has 4 fully saturated rings. The number of amides is 4. The molecular weight excluding hydrogens is 630 g/mol. The first-order valence-electron chi connectivity index (χ1n) is 15.9. The van der Waals surface area contributed by atoms with E-state index in [1.165, 1.54) is 23.1 Å². The highest BCUT2D eigenvalue weighted by Gasteiger charge is 2.77. The zero-order valence-corrected chi connectivity index (χ0v) is 26.3. The molecule has 0 aromatic heterocycles. The third kappa shape index (κ3) is 3.83. The van der Waals surface area contributed by atoms with E-state index in [0.717, 1.165) is 54.5 Å². The van der Waals surface area contributed by atoms with Gasteiger partial charge in [-0.1, -0.05) is 61.2 Å². The van der Waals surface area contributed by atoms with Crippen molar-refractivity contribution in [3.05, 3.63) is 83.7 Å². The molecule has 10 heteroatoms. The predicted molar refractivity (Wildman–Crippen MR) is 171 cm³/mol. The number of phenolic OH excluding ortho intramolecular Hbond substituents is 1. The van der Waals surface area contributed by atoms with E-state index in [9.17, 15) is 28.7 Å². The number of carbonyl (C=O) groups excluding carboxylic acids is 4. The highest BCUT2D eigenvalue weighted by Crippen LogP contribution is 2.67. The minimum Gasteiger partial charge on any atom is -0.508 e. The fraction of sp³-hybridized carbons (Fsp3) is 0.389. The van der Waals surface area contributed by atoms with Crippen molar-refractivity contribution in [1.29, 1.82) is 0 Å². The summed E-state index contributed by atoms with van der Waals surface area (Å²) < 4.78 is 13.9. The second-order valence-electron chi connectivity index (χ2n) is 13.3. The van der Waals surface area contributed by atoms with Crippen LogP contribution < -0.4 is 4.90 Å². The Morgan fingerprint density at radius 1 is 0.826 bits per heavy atom. The van der Waals surface area contributed by atoms with Gasteiger partial charge in [0, 0.05) is 17.5 Å². The lowest BCUT2D eigenvalue weighted by atomic mass is 9.56. The summed E-state index contributed by atoms with van der Waals surface area (Å²) >= 11 is 15.0. The van der Waals surface area contributed by atoms with E-state index in [-0.39, 0.29) is 42.1 Å². The molecule has 7 nitrogen and oxygen atoms in total. The Balaban J connectivity index is 1.34. The number of carbonyl (C=O) groups is 4. The number of phenols is 1. The molecule has 5 aliphatic rings. The Morgan fingerprint density at radius 3 is 2.28 bits per heavy atom. The van der Waals surface area contributed by atoms with Gasteiger partial charge in [-0.15, -0.1) is 23.2 Å². The van der Waals surface area contributed by atoms with Crippen molar-refractivity contribution in [2.75, 3.05) is 4.90 Å². The molecule has 6 atom stereocenters. The Morgan fingerprint density at radius 2 is 1.54 bits per heavy atom. The quantitative estimate of drug-likeness (QED) is 0.195. The van der Waals surface area contributed by atoms with Crippen molar-refractivity contribution in [3.8, 4) is 5.75 Å². The summed E-state index contributed by atoms with van der Waals surface area (Å²) in [6.07, 6.45) is 6.47. The van der Waals surface area contributed by atoms with Gasteiger partial charge in [0.15, 0.2) is 9.75 Å². The van der Waals surface area contributed by atoms with Crippen LogP contribution in [-0.4, -0.2) is 49.4 Å². The Labute approximate surface area is 274 Å². The Bertz CT molecular complexity index is 1870. The Kier molecular flexibility index (Phi) is 6.69. The monoisotopic (exact) mass is 660 g/mol. The number of anilines is 1. The number of hydrogen-bond donors (Lipinski definition) is 1. The largest absolute Gasteiger partial charge is 0.508 e. The normalized spacial score (nSPS) is 32.9. The fourth-order valence-corrected chi connectivity index (χ4v) is 9.95. The topological polar surface area (TPSA) is 95.0 Å². The SMILES string of the molecule is O=C1C2CC=C3C(CC4(Cl)C(=O)N(c5ccc(F)cc5)C(=O)C4(Cl)C3c3c(O)ccc4ccccc34)C2C(=O)N1C1CCCCC1. The van der Waals surface area contributed by atoms with Gasteiger partial charge in [-0.2, -0.15) is 0 Å². The lowest BCUT2D eigenvalue weighted by Crippen LogP contribution is -2.60. The molecule has 3 aromatic rings. The number of hydrogen-bond acceptors (Lipinski definition) is 5. The third-order valence-corrected chi connectivity index (χ3v) is 12.5. The summed E-state index contributed by atoms with van der Waals surface area (Å²) in [5.41, 5.74) is 1.06. The number of aromatic hydroxyl groups is 1. The zero-order valence-electron chi connectivity index (χ0n) is 24.8. The van der Waals surface area contributed by atoms with Crippen LogP contribution in [0.1, 0.15) is 56.4 Å². The van der Waals surface area contributed by atoms with Crippen LogP contribution in [0, 0.1) is 23.6 Å². The van der Waals surface area contributed by atoms with E-state index in [0.29, 0.717) is 16.5 Å². The van der Waals surface area contributed by atoms with E-state index in [1.807, 2.05) is 24.3 Å². The third-order valence-electron chi connectivity index (χ3n) is 11.1. The van der Waals surface area contributed by atoms with Crippen molar-refractivity contribution < 1.29 is 28.7 Å². The molecule has 4 amide bonds. The number of likely N-dealkylation sites (tertiary alicyclic amines) is 1. The summed E-state index contributed by atoms with van der Waals surface area (Å²) in [5, 5.41) is 12.9. The molecule has 3 aliphatic carbocycles. The van der Waals surface area contributed by atoms with Crippen LogP contribution in [0.4, 0.5) is 10.1 Å². The summed E-state index contributed by atoms with van der Waals surface area (Å²) in [6, 6.07) is 15.4. The highest BCUT2D eigenvalue weighted by atomic mass is 35.5. The molecule has 0 bridgehead atoms. The van der Waals surface area contributed by atoms with Crippen molar-refractivity contribution in [2.45, 2.75) is 66.7 Å². The van der Waals surface area contributed by atoms with Crippen LogP contribution in [0.15, 0.2) is 72.3 Å². The maximum Gasteiger partial charge on any atom is 0.258 e. The van der Waals surface area contributed by atoms with Crippen molar-refractivity contribution in [2.24, 2.45) is 17.8 Å². The summed E-state index contributed by atoms with van der Waals surface area (Å²) in [6.45, 7) is 0. The van der Waals surface area contributed by atoms with Crippen LogP contribution >= 0.6 is 23.2 Å². The van der Waals surface area contributed by atoms with E-state index in [2.05, 4.69) is 0 Å². The minimum atomic E-state index is -2.12. The molecule has 2 saturated heterocycles. The molecule has 3 aromatic carbocycles. The molecule has 1 N–H and O–H groups in total. The van der Waals surface area contributed by atoms with Crippen molar-refractivity contribution in [1.82, 2.24) is 4.90 Å². The molecule has 6 unspecified atom stereocenters. The van der Waals surface area contributed by atoms with Gasteiger partial charge in [0.05, 0.1) is 17.5 Å². The molecule has 2 saturated carbocycles. The number of allylic oxidation sites excluding steroid dienone is 2. The van der Waals surface area contributed by atoms with E-state index in [1.54, 1.807) is 12.1 Å². The maximum absolute atomic E-state index is 14.6. The van der Waals surface area contributed by atoms with Crippen LogP contribution in [0.3, 0.4) is 0 Å². The van der Waals surface area contributed by atoms with Crippen LogP contribution in [0.5, 0.6) is 5.75 Å². The number of imide groups is 2. The molecular formula is C36H31Cl2FN2O5. The average Bonchev–Trinajstić information content (AvgIpc) is 3.40. The van der Waals surface area contributed by atoms with Crippen molar-refractivity contribution >= 4 is 63.3 Å². The second kappa shape index (κ2) is 10.4. The molecule has 46 heavy (non-hydrogen) atoms. The number of rotatable bonds is 3. The average molecular weight is 662 g/mol. The molecule has 236 valence electrons. The molecule has 2 aliphatic heterocycles. The number of alkyl halides is 2. The van der Waals surface area contributed by atoms with E-state index >= 15 is 0 Å². The zero-order chi connectivity index (χ0) is 32.1. The lowest BCUT2D eigenvalue weighted by molar-refractivity contribution is -0.143. The summed E-state index contributed by atoms with van der Waals surface area (Å²) in [4.78, 5) is 55.5. The smallest absolute Gasteiger partial charge is 0.258 e. The number of nitrogens with zero attached hydrogens (tertiary/aromatic N) is 2. The first-order chi connectivity index (χ1) is 22.1. The number of fused-ring (bicyclic) bond motifs is 5. The first-order valence-corrected chi connectivity index (χ1v) is 16.6. The molecule has 0 radical (unpaired) electrons. The van der Waals surface area contributed by atoms with Gasteiger partial charge in [0.25, 0.3) is 11.8 Å². The van der Waals surface area contributed by atoms with Gasteiger partial charge < -0.3 is 5.11 Å². The van der Waals surface area contributed by atoms with Crippen LogP contribution in [-0.2, 0) is 19.2 Å². The summed E-state index contributed by atoms with van der Waals surface area (Å²) in [7, 11) is 0. The highest BCUT2D eigenvalue weighted by molar-refractivity contribution is 6.58. The number of benzene rings is 3.